The molecular formula is C19H25NO. The van der Waals surface area contributed by atoms with E-state index in [4.69, 9.17) is 0 Å². The number of allylic oxidation sites excluding steroid dienone is 2. The van der Waals surface area contributed by atoms with E-state index in [2.05, 4.69) is 50.1 Å². The summed E-state index contributed by atoms with van der Waals surface area (Å²) in [5, 5.41) is 0. The maximum atomic E-state index is 12.6. The van der Waals surface area contributed by atoms with E-state index in [1.165, 1.54) is 5.56 Å². The third-order valence-electron chi connectivity index (χ3n) is 3.91. The summed E-state index contributed by atoms with van der Waals surface area (Å²) in [6, 6.07) is 10.6. The van der Waals surface area contributed by atoms with Crippen molar-refractivity contribution < 1.29 is 4.79 Å². The summed E-state index contributed by atoms with van der Waals surface area (Å²) in [5.41, 5.74) is 2.11. The predicted octanol–water partition coefficient (Wildman–Crippen LogP) is 4.65. The van der Waals surface area contributed by atoms with E-state index in [0.717, 1.165) is 18.4 Å². The second-order valence-corrected chi connectivity index (χ2v) is 5.88. The Morgan fingerprint density at radius 2 is 1.95 bits per heavy atom. The molecule has 1 aliphatic rings. The Hall–Kier alpha value is -1.83. The van der Waals surface area contributed by atoms with E-state index in [1.54, 1.807) is 0 Å². The Balaban J connectivity index is 2.29. The molecule has 0 saturated carbocycles. The van der Waals surface area contributed by atoms with Crippen molar-refractivity contribution in [2.75, 3.05) is 0 Å². The molecule has 0 unspecified atom stereocenters. The highest BCUT2D eigenvalue weighted by Gasteiger charge is 2.24. The lowest BCUT2D eigenvalue weighted by Crippen LogP contribution is -2.26. The van der Waals surface area contributed by atoms with Crippen LogP contribution >= 0.6 is 0 Å². The van der Waals surface area contributed by atoms with Crippen LogP contribution in [-0.4, -0.2) is 16.7 Å². The average molecular weight is 283 g/mol. The van der Waals surface area contributed by atoms with Crippen LogP contribution < -0.4 is 0 Å². The Labute approximate surface area is 128 Å². The Morgan fingerprint density at radius 3 is 2.57 bits per heavy atom. The minimum absolute atomic E-state index is 0.0885. The quantitative estimate of drug-likeness (QED) is 0.757. The number of benzene rings is 1. The lowest BCUT2D eigenvalue weighted by molar-refractivity contribution is -0.116. The molecule has 112 valence electrons. The van der Waals surface area contributed by atoms with Gasteiger partial charge in [0.15, 0.2) is 5.78 Å². The van der Waals surface area contributed by atoms with Crippen LogP contribution in [0.25, 0.3) is 0 Å². The minimum atomic E-state index is 0.0885. The van der Waals surface area contributed by atoms with Gasteiger partial charge in [0.2, 0.25) is 0 Å². The summed E-state index contributed by atoms with van der Waals surface area (Å²) in [6.45, 7) is 6.40. The number of ketones is 1. The first kappa shape index (κ1) is 15.6. The zero-order valence-electron chi connectivity index (χ0n) is 13.3. The van der Waals surface area contributed by atoms with Crippen LogP contribution in [0.5, 0.6) is 0 Å². The topological polar surface area (TPSA) is 20.3 Å². The maximum Gasteiger partial charge on any atom is 0.161 e. The summed E-state index contributed by atoms with van der Waals surface area (Å²) in [4.78, 5) is 14.7. The number of unbranched alkanes of at least 4 members (excludes halogenated alkanes) is 1. The number of carbonyl (C=O) groups excluding carboxylic acids is 1. The number of rotatable bonds is 6. The van der Waals surface area contributed by atoms with Gasteiger partial charge in [-0.2, -0.15) is 0 Å². The van der Waals surface area contributed by atoms with Crippen LogP contribution in [0.2, 0.25) is 0 Å². The molecule has 0 spiro atoms. The second-order valence-electron chi connectivity index (χ2n) is 5.88. The number of hydrogen-bond acceptors (Lipinski definition) is 2. The van der Waals surface area contributed by atoms with Gasteiger partial charge in [-0.3, -0.25) is 4.79 Å². The van der Waals surface area contributed by atoms with Gasteiger partial charge in [0.25, 0.3) is 0 Å². The molecule has 1 aromatic carbocycles. The number of carbonyl (C=O) groups is 1. The summed E-state index contributed by atoms with van der Waals surface area (Å²) in [5.74, 6) is 0.367. The fraction of sp³-hybridized carbons (Fsp3) is 0.421. The highest BCUT2D eigenvalue weighted by atomic mass is 16.1. The molecule has 0 bridgehead atoms. The third kappa shape index (κ3) is 3.84. The molecule has 0 fully saturated rings. The van der Waals surface area contributed by atoms with Crippen LogP contribution in [0.15, 0.2) is 54.4 Å². The van der Waals surface area contributed by atoms with Crippen LogP contribution in [0.4, 0.5) is 0 Å². The van der Waals surface area contributed by atoms with Gasteiger partial charge >= 0.3 is 0 Å². The van der Waals surface area contributed by atoms with Crippen molar-refractivity contribution in [1.82, 2.24) is 4.90 Å². The maximum absolute atomic E-state index is 12.6. The molecule has 2 nitrogen and oxygen atoms in total. The van der Waals surface area contributed by atoms with Crippen LogP contribution in [0, 0.1) is 0 Å². The van der Waals surface area contributed by atoms with Crippen LogP contribution in [0.1, 0.15) is 51.5 Å². The van der Waals surface area contributed by atoms with Gasteiger partial charge in [0.05, 0.1) is 0 Å². The first-order valence-electron chi connectivity index (χ1n) is 7.89. The van der Waals surface area contributed by atoms with E-state index in [0.29, 0.717) is 12.5 Å². The molecule has 0 amide bonds. The molecular weight excluding hydrogens is 258 g/mol. The van der Waals surface area contributed by atoms with Crippen molar-refractivity contribution >= 4 is 5.78 Å². The second kappa shape index (κ2) is 7.26. The van der Waals surface area contributed by atoms with Gasteiger partial charge in [-0.05, 0) is 25.8 Å². The van der Waals surface area contributed by atoms with E-state index in [1.807, 2.05) is 24.4 Å². The zero-order valence-corrected chi connectivity index (χ0v) is 13.3. The van der Waals surface area contributed by atoms with Crippen molar-refractivity contribution in [3.8, 4) is 0 Å². The molecule has 21 heavy (non-hydrogen) atoms. The minimum Gasteiger partial charge on any atom is -0.352 e. The molecule has 0 radical (unpaired) electrons. The van der Waals surface area contributed by atoms with Gasteiger partial charge in [-0.1, -0.05) is 49.8 Å². The smallest absolute Gasteiger partial charge is 0.161 e. The molecule has 0 aromatic heterocycles. The summed E-state index contributed by atoms with van der Waals surface area (Å²) >= 11 is 0. The van der Waals surface area contributed by atoms with Crippen LogP contribution in [-0.2, 0) is 4.79 Å². The fourth-order valence-electron chi connectivity index (χ4n) is 2.57. The summed E-state index contributed by atoms with van der Waals surface area (Å²) in [7, 11) is 0. The SMILES string of the molecule is CCCCC(=O)C1=CN(C(C)C)C=C[C@H]1c1ccccc1. The molecule has 1 aliphatic heterocycles. The van der Waals surface area contributed by atoms with Crippen molar-refractivity contribution in [2.45, 2.75) is 52.0 Å². The lowest BCUT2D eigenvalue weighted by Gasteiger charge is -2.29. The largest absolute Gasteiger partial charge is 0.352 e. The highest BCUT2D eigenvalue weighted by molar-refractivity contribution is 5.97. The molecule has 1 atom stereocenters. The molecule has 2 rings (SSSR count). The van der Waals surface area contributed by atoms with E-state index in [-0.39, 0.29) is 11.7 Å². The van der Waals surface area contributed by atoms with E-state index in [9.17, 15) is 4.79 Å². The van der Waals surface area contributed by atoms with Gasteiger partial charge in [-0.25, -0.2) is 0 Å². The monoisotopic (exact) mass is 283 g/mol. The average Bonchev–Trinajstić information content (AvgIpc) is 2.52. The molecule has 1 heterocycles. The number of Topliss-reactive ketones (excluding diaryl/α,β-unsaturated/α-hetero) is 1. The third-order valence-corrected chi connectivity index (χ3v) is 3.91. The van der Waals surface area contributed by atoms with E-state index < -0.39 is 0 Å². The summed E-state index contributed by atoms with van der Waals surface area (Å²) < 4.78 is 0. The standard InChI is InChI=1S/C19H25NO/c1-4-5-11-19(21)18-14-20(15(2)3)13-12-17(18)16-9-7-6-8-10-16/h6-10,12-15,17H,4-5,11H2,1-3H3/t17-/m0/s1. The van der Waals surface area contributed by atoms with Gasteiger partial charge in [-0.15, -0.1) is 0 Å². The molecule has 0 N–H and O–H groups in total. The molecule has 1 aromatic rings. The van der Waals surface area contributed by atoms with E-state index >= 15 is 0 Å². The number of hydrogen-bond donors (Lipinski definition) is 0. The van der Waals surface area contributed by atoms with Gasteiger partial charge in [0, 0.05) is 36.4 Å². The normalized spacial score (nSPS) is 18.0. The van der Waals surface area contributed by atoms with Crippen LogP contribution in [0.3, 0.4) is 0 Å². The lowest BCUT2D eigenvalue weighted by atomic mass is 9.86. The number of nitrogens with zero attached hydrogens (tertiary/aromatic N) is 1. The summed E-state index contributed by atoms with van der Waals surface area (Å²) in [6.07, 6.45) is 8.95. The van der Waals surface area contributed by atoms with Crippen molar-refractivity contribution in [3.63, 3.8) is 0 Å². The zero-order chi connectivity index (χ0) is 15.2. The van der Waals surface area contributed by atoms with Crippen molar-refractivity contribution in [3.05, 3.63) is 59.9 Å². The van der Waals surface area contributed by atoms with Crippen molar-refractivity contribution in [2.24, 2.45) is 0 Å². The Kier molecular flexibility index (Phi) is 5.38. The first-order chi connectivity index (χ1) is 10.1. The molecule has 0 saturated heterocycles. The Bertz CT molecular complexity index is 528. The fourth-order valence-corrected chi connectivity index (χ4v) is 2.57. The predicted molar refractivity (Wildman–Crippen MR) is 87.9 cm³/mol. The first-order valence-corrected chi connectivity index (χ1v) is 7.89. The molecule has 2 heteroatoms. The molecule has 0 aliphatic carbocycles. The van der Waals surface area contributed by atoms with Crippen molar-refractivity contribution in [1.29, 1.82) is 0 Å². The van der Waals surface area contributed by atoms with Gasteiger partial charge < -0.3 is 4.90 Å². The Morgan fingerprint density at radius 1 is 1.24 bits per heavy atom. The highest BCUT2D eigenvalue weighted by Crippen LogP contribution is 2.31. The van der Waals surface area contributed by atoms with Gasteiger partial charge in [0.1, 0.15) is 0 Å².